The third-order valence-corrected chi connectivity index (χ3v) is 5.74. The molecule has 0 aliphatic heterocycles. The van der Waals surface area contributed by atoms with Crippen molar-refractivity contribution in [3.05, 3.63) is 22.4 Å². The number of nitrogens with zero attached hydrogens (tertiary/aromatic N) is 1. The maximum absolute atomic E-state index is 10.6. The third-order valence-electron chi connectivity index (χ3n) is 5.06. The van der Waals surface area contributed by atoms with Crippen molar-refractivity contribution in [3.63, 3.8) is 0 Å². The number of hydrogen-bond acceptors (Lipinski definition) is 4. The second kappa shape index (κ2) is 13.0. The number of nitrogens with one attached hydrogen (secondary N) is 2. The van der Waals surface area contributed by atoms with Crippen LogP contribution < -0.4 is 10.6 Å². The van der Waals surface area contributed by atoms with Crippen molar-refractivity contribution in [2.75, 3.05) is 26.2 Å². The number of hydrogen-bond donors (Lipinski definition) is 3. The molecule has 1 aliphatic carbocycles. The molecule has 0 amide bonds. The minimum Gasteiger partial charge on any atom is -0.383 e. The lowest BCUT2D eigenvalue weighted by Gasteiger charge is -2.24. The Bertz CT molecular complexity index is 531. The summed E-state index contributed by atoms with van der Waals surface area (Å²) in [6.07, 6.45) is 6.59. The van der Waals surface area contributed by atoms with E-state index in [4.69, 9.17) is 4.74 Å². The molecule has 1 heterocycles. The highest BCUT2D eigenvalue weighted by Crippen LogP contribution is 2.30. The largest absolute Gasteiger partial charge is 0.383 e. The number of rotatable bonds is 10. The van der Waals surface area contributed by atoms with E-state index < -0.39 is 5.60 Å². The van der Waals surface area contributed by atoms with Gasteiger partial charge in [0.25, 0.3) is 0 Å². The minimum absolute atomic E-state index is 0. The summed E-state index contributed by atoms with van der Waals surface area (Å²) in [6.45, 7) is 8.67. The standard InChI is InChI=1S/C20H35N3O2S.HI/c1-4-21-19(23-15-20(3,24)17-11-13-26-14-17)22-12-10-18(25-5-2)16-8-6-7-9-16;/h11,13-14,16,18,24H,4-10,12,15H2,1-3H3,(H2,21,22,23);1H. The van der Waals surface area contributed by atoms with Crippen molar-refractivity contribution in [2.24, 2.45) is 10.9 Å². The number of guanidine groups is 1. The fourth-order valence-corrected chi connectivity index (χ4v) is 4.35. The van der Waals surface area contributed by atoms with Crippen molar-refractivity contribution < 1.29 is 9.84 Å². The van der Waals surface area contributed by atoms with E-state index in [1.165, 1.54) is 25.7 Å². The van der Waals surface area contributed by atoms with Crippen LogP contribution in [0.3, 0.4) is 0 Å². The van der Waals surface area contributed by atoms with Gasteiger partial charge in [0.05, 0.1) is 12.6 Å². The van der Waals surface area contributed by atoms with Gasteiger partial charge in [-0.15, -0.1) is 24.0 Å². The van der Waals surface area contributed by atoms with Gasteiger partial charge in [0, 0.05) is 19.7 Å². The molecule has 2 unspecified atom stereocenters. The third kappa shape index (κ3) is 8.25. The monoisotopic (exact) mass is 509 g/mol. The lowest BCUT2D eigenvalue weighted by atomic mass is 9.98. The molecule has 3 N–H and O–H groups in total. The molecule has 0 bridgehead atoms. The number of thiophene rings is 1. The summed E-state index contributed by atoms with van der Waals surface area (Å²) in [5, 5.41) is 21.3. The van der Waals surface area contributed by atoms with Crippen LogP contribution in [0.4, 0.5) is 0 Å². The van der Waals surface area contributed by atoms with Gasteiger partial charge >= 0.3 is 0 Å². The first-order chi connectivity index (χ1) is 12.6. The number of halogens is 1. The van der Waals surface area contributed by atoms with Crippen LogP contribution in [-0.4, -0.2) is 43.4 Å². The van der Waals surface area contributed by atoms with Crippen LogP contribution in [0, 0.1) is 5.92 Å². The normalized spacial score (nSPS) is 18.6. The molecular weight excluding hydrogens is 473 g/mol. The molecule has 0 radical (unpaired) electrons. The molecule has 1 fully saturated rings. The maximum Gasteiger partial charge on any atom is 0.191 e. The lowest BCUT2D eigenvalue weighted by molar-refractivity contribution is 0.0169. The van der Waals surface area contributed by atoms with E-state index in [9.17, 15) is 5.11 Å². The van der Waals surface area contributed by atoms with Crippen LogP contribution in [0.1, 0.15) is 58.4 Å². The lowest BCUT2D eigenvalue weighted by Crippen LogP contribution is -2.40. The van der Waals surface area contributed by atoms with E-state index in [2.05, 4.69) is 29.5 Å². The predicted molar refractivity (Wildman–Crippen MR) is 125 cm³/mol. The van der Waals surface area contributed by atoms with Crippen LogP contribution in [0.15, 0.2) is 21.8 Å². The molecule has 5 nitrogen and oxygen atoms in total. The fraction of sp³-hybridized carbons (Fsp3) is 0.750. The fourth-order valence-electron chi connectivity index (χ4n) is 3.57. The highest BCUT2D eigenvalue weighted by atomic mass is 127. The van der Waals surface area contributed by atoms with Crippen molar-refractivity contribution in [2.45, 2.75) is 64.6 Å². The zero-order chi connectivity index (χ0) is 18.8. The van der Waals surface area contributed by atoms with Crippen molar-refractivity contribution in [1.82, 2.24) is 10.6 Å². The topological polar surface area (TPSA) is 65.9 Å². The van der Waals surface area contributed by atoms with Crippen molar-refractivity contribution >= 4 is 41.3 Å². The van der Waals surface area contributed by atoms with Crippen molar-refractivity contribution in [1.29, 1.82) is 0 Å². The Balaban J connectivity index is 0.00000364. The van der Waals surface area contributed by atoms with Crippen LogP contribution in [0.2, 0.25) is 0 Å². The molecule has 2 rings (SSSR count). The molecule has 0 aromatic carbocycles. The summed E-state index contributed by atoms with van der Waals surface area (Å²) in [5.74, 6) is 1.46. The Morgan fingerprint density at radius 3 is 2.70 bits per heavy atom. The quantitative estimate of drug-likeness (QED) is 0.252. The van der Waals surface area contributed by atoms with Gasteiger partial charge < -0.3 is 20.5 Å². The Morgan fingerprint density at radius 2 is 2.11 bits per heavy atom. The molecule has 1 aromatic rings. The average Bonchev–Trinajstić information content (AvgIpc) is 3.32. The van der Waals surface area contributed by atoms with Gasteiger partial charge in [-0.05, 0) is 68.3 Å². The van der Waals surface area contributed by atoms with Crippen LogP contribution >= 0.6 is 35.3 Å². The summed E-state index contributed by atoms with van der Waals surface area (Å²) in [7, 11) is 0. The molecule has 0 spiro atoms. The first-order valence-corrected chi connectivity index (χ1v) is 10.9. The summed E-state index contributed by atoms with van der Waals surface area (Å²) >= 11 is 1.59. The molecule has 7 heteroatoms. The minimum atomic E-state index is -0.944. The molecule has 2 atom stereocenters. The first kappa shape index (κ1) is 24.7. The van der Waals surface area contributed by atoms with E-state index in [1.54, 1.807) is 11.3 Å². The second-order valence-corrected chi connectivity index (χ2v) is 8.01. The smallest absolute Gasteiger partial charge is 0.191 e. The summed E-state index contributed by atoms with van der Waals surface area (Å²) in [5.41, 5.74) is -0.0280. The van der Waals surface area contributed by atoms with Crippen molar-refractivity contribution in [3.8, 4) is 0 Å². The predicted octanol–water partition coefficient (Wildman–Crippen LogP) is 4.11. The van der Waals surface area contributed by atoms with E-state index >= 15 is 0 Å². The van der Waals surface area contributed by atoms with Gasteiger partial charge in [0.2, 0.25) is 0 Å². The number of aliphatic hydroxyl groups is 1. The summed E-state index contributed by atoms with van der Waals surface area (Å²) in [6, 6.07) is 1.95. The maximum atomic E-state index is 10.6. The van der Waals surface area contributed by atoms with Crippen LogP contribution in [-0.2, 0) is 10.3 Å². The van der Waals surface area contributed by atoms with Gasteiger partial charge in [-0.2, -0.15) is 11.3 Å². The Hall–Kier alpha value is -0.380. The highest BCUT2D eigenvalue weighted by molar-refractivity contribution is 14.0. The average molecular weight is 509 g/mol. The molecule has 1 aromatic heterocycles. The van der Waals surface area contributed by atoms with Gasteiger partial charge in [0.1, 0.15) is 5.60 Å². The second-order valence-electron chi connectivity index (χ2n) is 7.23. The number of aliphatic imine (C=N–C) groups is 1. The van der Waals surface area contributed by atoms with Gasteiger partial charge in [-0.1, -0.05) is 12.8 Å². The van der Waals surface area contributed by atoms with Gasteiger partial charge in [-0.25, -0.2) is 4.99 Å². The Labute approximate surface area is 185 Å². The molecule has 27 heavy (non-hydrogen) atoms. The molecule has 0 saturated heterocycles. The van der Waals surface area contributed by atoms with E-state index in [-0.39, 0.29) is 24.0 Å². The Kier molecular flexibility index (Phi) is 11.8. The van der Waals surface area contributed by atoms with Crippen LogP contribution in [0.5, 0.6) is 0 Å². The van der Waals surface area contributed by atoms with Crippen LogP contribution in [0.25, 0.3) is 0 Å². The molecule has 1 saturated carbocycles. The SMILES string of the molecule is CCNC(=NCC(C)(O)c1ccsc1)NCCC(OCC)C1CCCC1.I. The molecular formula is C20H36IN3O2S. The zero-order valence-electron chi connectivity index (χ0n) is 16.9. The highest BCUT2D eigenvalue weighted by Gasteiger charge is 2.25. The van der Waals surface area contributed by atoms with E-state index in [0.29, 0.717) is 18.6 Å². The van der Waals surface area contributed by atoms with Gasteiger partial charge in [-0.3, -0.25) is 0 Å². The first-order valence-electron chi connectivity index (χ1n) is 9.95. The Morgan fingerprint density at radius 1 is 1.37 bits per heavy atom. The summed E-state index contributed by atoms with van der Waals surface area (Å²) in [4.78, 5) is 4.59. The zero-order valence-corrected chi connectivity index (χ0v) is 20.0. The van der Waals surface area contributed by atoms with Gasteiger partial charge in [0.15, 0.2) is 5.96 Å². The van der Waals surface area contributed by atoms with E-state index in [1.807, 2.05) is 23.8 Å². The molecule has 1 aliphatic rings. The number of ether oxygens (including phenoxy) is 1. The molecule has 156 valence electrons. The van der Waals surface area contributed by atoms with E-state index in [0.717, 1.165) is 37.6 Å². The summed E-state index contributed by atoms with van der Waals surface area (Å²) < 4.78 is 5.99.